The molecule has 0 spiro atoms. The highest BCUT2D eigenvalue weighted by Crippen LogP contribution is 2.45. The molecule has 2 nitrogen and oxygen atoms in total. The van der Waals surface area contributed by atoms with Gasteiger partial charge in [-0.2, -0.15) is 0 Å². The van der Waals surface area contributed by atoms with Crippen LogP contribution in [0.2, 0.25) is 0 Å². The Balaban J connectivity index is 1.26. The van der Waals surface area contributed by atoms with Crippen LogP contribution in [0.5, 0.6) is 0 Å². The smallest absolute Gasteiger partial charge is 0.0709 e. The molecule has 0 unspecified atom stereocenters. The third kappa shape index (κ3) is 5.50. The number of fused-ring (bicyclic) bond motifs is 3. The van der Waals surface area contributed by atoms with E-state index in [4.69, 9.17) is 9.97 Å². The van der Waals surface area contributed by atoms with Crippen molar-refractivity contribution in [3.63, 3.8) is 0 Å². The van der Waals surface area contributed by atoms with E-state index in [0.29, 0.717) is 0 Å². The first-order valence-electron chi connectivity index (χ1n) is 16.5. The van der Waals surface area contributed by atoms with Crippen LogP contribution >= 0.6 is 11.3 Å². The molecule has 3 aromatic heterocycles. The van der Waals surface area contributed by atoms with E-state index >= 15 is 0 Å². The number of hydrogen-bond acceptors (Lipinski definition) is 3. The van der Waals surface area contributed by atoms with Crippen LogP contribution in [0.4, 0.5) is 0 Å². The lowest BCUT2D eigenvalue weighted by atomic mass is 9.95. The van der Waals surface area contributed by atoms with Crippen LogP contribution in [-0.4, -0.2) is 9.97 Å². The summed E-state index contributed by atoms with van der Waals surface area (Å²) < 4.78 is 2.59. The van der Waals surface area contributed by atoms with E-state index in [-0.39, 0.29) is 0 Å². The zero-order valence-corrected chi connectivity index (χ0v) is 27.4. The van der Waals surface area contributed by atoms with Gasteiger partial charge in [0, 0.05) is 42.4 Å². The SMILES string of the molecule is c1ccc(-c2cccc(-c3cc(-c4cccc(-c5ccccc5)n4)cc(-c4cccc5c4sc4c(-c6ccccc6)cccc45)c3)n2)cc1. The lowest BCUT2D eigenvalue weighted by Gasteiger charge is -2.13. The monoisotopic (exact) mass is 642 g/mol. The molecular formula is C46H30N2S. The molecule has 0 saturated carbocycles. The van der Waals surface area contributed by atoms with E-state index in [1.165, 1.54) is 36.9 Å². The van der Waals surface area contributed by atoms with Gasteiger partial charge in [-0.15, -0.1) is 11.3 Å². The van der Waals surface area contributed by atoms with Gasteiger partial charge >= 0.3 is 0 Å². The molecule has 0 amide bonds. The average Bonchev–Trinajstić information content (AvgIpc) is 3.58. The van der Waals surface area contributed by atoms with E-state index in [0.717, 1.165) is 50.6 Å². The van der Waals surface area contributed by atoms with Gasteiger partial charge < -0.3 is 0 Å². The molecular weight excluding hydrogens is 613 g/mol. The maximum atomic E-state index is 5.17. The first kappa shape index (κ1) is 29.0. The van der Waals surface area contributed by atoms with Gasteiger partial charge in [-0.3, -0.25) is 0 Å². The standard InChI is InChI=1S/C46H30N2S/c1-4-14-31(15-5-1)37-20-10-22-39-40-23-11-21-38(46(40)49-45(37)39)34-28-35(43-26-12-24-41(47-43)32-16-6-2-7-17-32)30-36(29-34)44-27-13-25-42(48-44)33-18-8-3-9-19-33/h1-30H. The highest BCUT2D eigenvalue weighted by atomic mass is 32.1. The summed E-state index contributed by atoms with van der Waals surface area (Å²) in [7, 11) is 0. The third-order valence-electron chi connectivity index (χ3n) is 9.08. The Morgan fingerprint density at radius 2 is 0.653 bits per heavy atom. The lowest BCUT2D eigenvalue weighted by molar-refractivity contribution is 1.31. The Bertz CT molecular complexity index is 2490. The third-order valence-corrected chi connectivity index (χ3v) is 10.4. The molecule has 9 rings (SSSR count). The number of rotatable bonds is 6. The molecule has 0 saturated heterocycles. The molecule has 0 atom stereocenters. The Morgan fingerprint density at radius 1 is 0.286 bits per heavy atom. The molecule has 9 aromatic rings. The summed E-state index contributed by atoms with van der Waals surface area (Å²) in [5.41, 5.74) is 12.9. The maximum absolute atomic E-state index is 5.17. The van der Waals surface area contributed by atoms with Crippen molar-refractivity contribution < 1.29 is 0 Å². The largest absolute Gasteiger partial charge is 0.248 e. The van der Waals surface area contributed by atoms with Crippen LogP contribution in [0.25, 0.3) is 87.5 Å². The van der Waals surface area contributed by atoms with Crippen molar-refractivity contribution in [3.8, 4) is 67.3 Å². The molecule has 3 heteroatoms. The number of hydrogen-bond donors (Lipinski definition) is 0. The van der Waals surface area contributed by atoms with Crippen molar-refractivity contribution >= 4 is 31.5 Å². The van der Waals surface area contributed by atoms with Crippen LogP contribution in [0.3, 0.4) is 0 Å². The van der Waals surface area contributed by atoms with E-state index in [1.54, 1.807) is 0 Å². The Labute approximate surface area is 289 Å². The first-order valence-corrected chi connectivity index (χ1v) is 17.3. The second kappa shape index (κ2) is 12.5. The fraction of sp³-hybridized carbons (Fsp3) is 0. The van der Waals surface area contributed by atoms with Gasteiger partial charge in [0.2, 0.25) is 0 Å². The van der Waals surface area contributed by atoms with Gasteiger partial charge in [-0.25, -0.2) is 9.97 Å². The minimum Gasteiger partial charge on any atom is -0.248 e. The summed E-state index contributed by atoms with van der Waals surface area (Å²) in [6.07, 6.45) is 0. The summed E-state index contributed by atoms with van der Waals surface area (Å²) in [5.74, 6) is 0. The molecule has 6 aromatic carbocycles. The highest BCUT2D eigenvalue weighted by Gasteiger charge is 2.16. The minimum atomic E-state index is 0.929. The second-order valence-corrected chi connectivity index (χ2v) is 13.2. The topological polar surface area (TPSA) is 25.8 Å². The quantitative estimate of drug-likeness (QED) is 0.180. The average molecular weight is 643 g/mol. The van der Waals surface area contributed by atoms with Crippen molar-refractivity contribution in [3.05, 3.63) is 182 Å². The molecule has 0 aliphatic carbocycles. The molecule has 49 heavy (non-hydrogen) atoms. The zero-order valence-electron chi connectivity index (χ0n) is 26.6. The number of pyridine rings is 2. The number of nitrogens with zero attached hydrogens (tertiary/aromatic N) is 2. The van der Waals surface area contributed by atoms with E-state index < -0.39 is 0 Å². The number of benzene rings is 6. The van der Waals surface area contributed by atoms with E-state index in [1.807, 2.05) is 23.5 Å². The first-order chi connectivity index (χ1) is 24.3. The Hall–Kier alpha value is -6.16. The molecule has 3 heterocycles. The summed E-state index contributed by atoms with van der Waals surface area (Å²) in [6, 6.07) is 64.2. The van der Waals surface area contributed by atoms with Crippen molar-refractivity contribution in [1.82, 2.24) is 9.97 Å². The molecule has 0 N–H and O–H groups in total. The number of aromatic nitrogens is 2. The van der Waals surface area contributed by atoms with Crippen LogP contribution in [-0.2, 0) is 0 Å². The van der Waals surface area contributed by atoms with Gasteiger partial charge in [0.15, 0.2) is 0 Å². The maximum Gasteiger partial charge on any atom is 0.0709 e. The van der Waals surface area contributed by atoms with E-state index in [2.05, 4.69) is 170 Å². The van der Waals surface area contributed by atoms with Crippen molar-refractivity contribution in [2.24, 2.45) is 0 Å². The second-order valence-electron chi connectivity index (χ2n) is 12.2. The molecule has 0 aliphatic rings. The predicted molar refractivity (Wildman–Crippen MR) is 208 cm³/mol. The van der Waals surface area contributed by atoms with Crippen molar-refractivity contribution in [2.75, 3.05) is 0 Å². The van der Waals surface area contributed by atoms with Gasteiger partial charge in [0.1, 0.15) is 0 Å². The minimum absolute atomic E-state index is 0.929. The van der Waals surface area contributed by atoms with Crippen LogP contribution in [0, 0.1) is 0 Å². The molecule has 0 aliphatic heterocycles. The number of thiophene rings is 1. The summed E-state index contributed by atoms with van der Waals surface area (Å²) in [4.78, 5) is 10.3. The van der Waals surface area contributed by atoms with E-state index in [9.17, 15) is 0 Å². The Kier molecular flexibility index (Phi) is 7.38. The predicted octanol–water partition coefficient (Wildman–Crippen LogP) is 12.8. The van der Waals surface area contributed by atoms with Crippen molar-refractivity contribution in [1.29, 1.82) is 0 Å². The van der Waals surface area contributed by atoms with Crippen LogP contribution < -0.4 is 0 Å². The van der Waals surface area contributed by atoms with Crippen molar-refractivity contribution in [2.45, 2.75) is 0 Å². The van der Waals surface area contributed by atoms with Gasteiger partial charge in [-0.05, 0) is 64.7 Å². The highest BCUT2D eigenvalue weighted by molar-refractivity contribution is 7.26. The normalized spacial score (nSPS) is 11.3. The van der Waals surface area contributed by atoms with Gasteiger partial charge in [0.05, 0.1) is 22.8 Å². The summed E-state index contributed by atoms with van der Waals surface area (Å²) in [5, 5.41) is 2.56. The molecule has 0 fully saturated rings. The molecule has 0 radical (unpaired) electrons. The van der Waals surface area contributed by atoms with Crippen LogP contribution in [0.1, 0.15) is 0 Å². The molecule has 0 bridgehead atoms. The summed E-state index contributed by atoms with van der Waals surface area (Å²) >= 11 is 1.88. The lowest BCUT2D eigenvalue weighted by Crippen LogP contribution is -1.92. The fourth-order valence-corrected chi connectivity index (χ4v) is 8.07. The van der Waals surface area contributed by atoms with Gasteiger partial charge in [-0.1, -0.05) is 140 Å². The fourth-order valence-electron chi connectivity index (χ4n) is 6.70. The summed E-state index contributed by atoms with van der Waals surface area (Å²) in [6.45, 7) is 0. The molecule has 230 valence electrons. The Morgan fingerprint density at radius 3 is 1.12 bits per heavy atom. The van der Waals surface area contributed by atoms with Crippen LogP contribution in [0.15, 0.2) is 182 Å². The zero-order chi connectivity index (χ0) is 32.6. The van der Waals surface area contributed by atoms with Gasteiger partial charge in [0.25, 0.3) is 0 Å².